The first kappa shape index (κ1) is 16.6. The molecule has 0 atom stereocenters. The van der Waals surface area contributed by atoms with E-state index in [0.717, 1.165) is 5.69 Å². The summed E-state index contributed by atoms with van der Waals surface area (Å²) < 4.78 is 1.76. The minimum absolute atomic E-state index is 0.0782. The van der Waals surface area contributed by atoms with E-state index in [2.05, 4.69) is 15.3 Å². The van der Waals surface area contributed by atoms with Crippen LogP contribution in [0.2, 0.25) is 0 Å². The normalized spacial score (nSPS) is 10.4. The summed E-state index contributed by atoms with van der Waals surface area (Å²) in [4.78, 5) is 32.4. The number of carbonyl (C=O) groups excluding carboxylic acids is 2. The molecule has 0 aliphatic heterocycles. The zero-order valence-electron chi connectivity index (χ0n) is 13.6. The summed E-state index contributed by atoms with van der Waals surface area (Å²) in [7, 11) is 0. The number of amides is 1. The van der Waals surface area contributed by atoms with Crippen LogP contribution >= 0.6 is 0 Å². The average molecular weight is 334 g/mol. The van der Waals surface area contributed by atoms with Crippen LogP contribution in [0.4, 0.5) is 5.69 Å². The standard InChI is InChI=1S/C19H18N4O2/c24-17(7-4-8-18(25)22-15-9-11-20-12-10-15)19-21-13-14-23(19)16-5-2-1-3-6-16/h1-3,5-6,9-14H,4,7-8H2,(H,20,22,25). The lowest BCUT2D eigenvalue weighted by atomic mass is 10.1. The molecule has 25 heavy (non-hydrogen) atoms. The Balaban J connectivity index is 1.54. The van der Waals surface area contributed by atoms with E-state index < -0.39 is 0 Å². The van der Waals surface area contributed by atoms with Gasteiger partial charge in [-0.25, -0.2) is 4.98 Å². The van der Waals surface area contributed by atoms with Crippen LogP contribution in [-0.4, -0.2) is 26.2 Å². The molecule has 6 nitrogen and oxygen atoms in total. The maximum Gasteiger partial charge on any atom is 0.224 e. The van der Waals surface area contributed by atoms with Crippen LogP contribution in [0.25, 0.3) is 5.69 Å². The summed E-state index contributed by atoms with van der Waals surface area (Å²) in [5, 5.41) is 2.78. The fourth-order valence-corrected chi connectivity index (χ4v) is 2.49. The summed E-state index contributed by atoms with van der Waals surface area (Å²) in [6.45, 7) is 0. The Hall–Kier alpha value is -3.28. The van der Waals surface area contributed by atoms with Gasteiger partial charge in [0.2, 0.25) is 5.91 Å². The molecule has 0 saturated heterocycles. The Morgan fingerprint density at radius 1 is 0.960 bits per heavy atom. The Labute approximate surface area is 145 Å². The second kappa shape index (κ2) is 8.01. The van der Waals surface area contributed by atoms with E-state index in [1.807, 2.05) is 30.3 Å². The molecule has 0 fully saturated rings. The number of hydrogen-bond acceptors (Lipinski definition) is 4. The van der Waals surface area contributed by atoms with E-state index in [1.165, 1.54) is 0 Å². The van der Waals surface area contributed by atoms with Gasteiger partial charge in [0, 0.05) is 49.0 Å². The molecule has 126 valence electrons. The van der Waals surface area contributed by atoms with Crippen LogP contribution in [0.5, 0.6) is 0 Å². The monoisotopic (exact) mass is 334 g/mol. The highest BCUT2D eigenvalue weighted by Crippen LogP contribution is 2.13. The summed E-state index contributed by atoms with van der Waals surface area (Å²) in [5.41, 5.74) is 1.59. The second-order valence-electron chi connectivity index (χ2n) is 5.52. The van der Waals surface area contributed by atoms with E-state index >= 15 is 0 Å². The van der Waals surface area contributed by atoms with E-state index in [0.29, 0.717) is 17.9 Å². The van der Waals surface area contributed by atoms with Crippen LogP contribution in [0.3, 0.4) is 0 Å². The number of benzene rings is 1. The number of aromatic nitrogens is 3. The first-order valence-electron chi connectivity index (χ1n) is 8.06. The van der Waals surface area contributed by atoms with Crippen molar-refractivity contribution in [3.63, 3.8) is 0 Å². The number of rotatable bonds is 7. The number of pyridine rings is 1. The minimum Gasteiger partial charge on any atom is -0.326 e. The number of carbonyl (C=O) groups is 2. The number of hydrogen-bond donors (Lipinski definition) is 1. The Morgan fingerprint density at radius 3 is 2.48 bits per heavy atom. The molecule has 1 aromatic carbocycles. The minimum atomic E-state index is -0.120. The molecule has 0 aliphatic carbocycles. The molecule has 1 amide bonds. The molecular formula is C19H18N4O2. The number of ketones is 1. The van der Waals surface area contributed by atoms with E-state index in [1.54, 1.807) is 41.5 Å². The second-order valence-corrected chi connectivity index (χ2v) is 5.52. The molecule has 3 aromatic rings. The Morgan fingerprint density at radius 2 is 1.72 bits per heavy atom. The third-order valence-corrected chi connectivity index (χ3v) is 3.70. The van der Waals surface area contributed by atoms with E-state index in [9.17, 15) is 9.59 Å². The number of para-hydroxylation sites is 1. The fourth-order valence-electron chi connectivity index (χ4n) is 2.49. The van der Waals surface area contributed by atoms with Crippen molar-refractivity contribution in [2.24, 2.45) is 0 Å². The molecule has 2 aromatic heterocycles. The fraction of sp³-hybridized carbons (Fsp3) is 0.158. The molecule has 2 heterocycles. The third kappa shape index (κ3) is 4.38. The smallest absolute Gasteiger partial charge is 0.224 e. The first-order valence-corrected chi connectivity index (χ1v) is 8.06. The largest absolute Gasteiger partial charge is 0.326 e. The van der Waals surface area contributed by atoms with Gasteiger partial charge in [-0.3, -0.25) is 19.1 Å². The van der Waals surface area contributed by atoms with Crippen LogP contribution in [0.1, 0.15) is 29.9 Å². The van der Waals surface area contributed by atoms with Gasteiger partial charge >= 0.3 is 0 Å². The van der Waals surface area contributed by atoms with Crippen molar-refractivity contribution in [1.82, 2.24) is 14.5 Å². The van der Waals surface area contributed by atoms with Crippen LogP contribution < -0.4 is 5.32 Å². The van der Waals surface area contributed by atoms with Crippen LogP contribution in [-0.2, 0) is 4.79 Å². The van der Waals surface area contributed by atoms with E-state index in [-0.39, 0.29) is 24.5 Å². The SMILES string of the molecule is O=C(CCCC(=O)c1nccn1-c1ccccc1)Nc1ccncc1. The zero-order valence-corrected chi connectivity index (χ0v) is 13.6. The van der Waals surface area contributed by atoms with Gasteiger partial charge in [0.1, 0.15) is 0 Å². The topological polar surface area (TPSA) is 76.9 Å². The lowest BCUT2D eigenvalue weighted by Gasteiger charge is -2.07. The van der Waals surface area contributed by atoms with Gasteiger partial charge in [0.05, 0.1) is 0 Å². The molecule has 0 bridgehead atoms. The third-order valence-electron chi connectivity index (χ3n) is 3.70. The number of nitrogens with zero attached hydrogens (tertiary/aromatic N) is 3. The summed E-state index contributed by atoms with van der Waals surface area (Å²) >= 11 is 0. The van der Waals surface area contributed by atoms with Crippen molar-refractivity contribution in [3.8, 4) is 5.69 Å². The highest BCUT2D eigenvalue weighted by atomic mass is 16.1. The van der Waals surface area contributed by atoms with Gasteiger partial charge in [0.25, 0.3) is 0 Å². The lowest BCUT2D eigenvalue weighted by Crippen LogP contribution is -2.13. The van der Waals surface area contributed by atoms with Gasteiger partial charge in [-0.2, -0.15) is 0 Å². The van der Waals surface area contributed by atoms with Crippen molar-refractivity contribution in [2.75, 3.05) is 5.32 Å². The predicted molar refractivity (Wildman–Crippen MR) is 94.6 cm³/mol. The highest BCUT2D eigenvalue weighted by molar-refractivity contribution is 5.94. The molecular weight excluding hydrogens is 316 g/mol. The molecule has 0 unspecified atom stereocenters. The van der Waals surface area contributed by atoms with Gasteiger partial charge in [0.15, 0.2) is 11.6 Å². The summed E-state index contributed by atoms with van der Waals surface area (Å²) in [5.74, 6) is 0.191. The summed E-state index contributed by atoms with van der Waals surface area (Å²) in [6.07, 6.45) is 7.62. The molecule has 0 aliphatic rings. The molecule has 0 saturated carbocycles. The van der Waals surface area contributed by atoms with Gasteiger partial charge in [-0.05, 0) is 30.7 Å². The molecule has 6 heteroatoms. The van der Waals surface area contributed by atoms with Gasteiger partial charge in [-0.15, -0.1) is 0 Å². The quantitative estimate of drug-likeness (QED) is 0.673. The Kier molecular flexibility index (Phi) is 5.31. The number of anilines is 1. The highest BCUT2D eigenvalue weighted by Gasteiger charge is 2.14. The lowest BCUT2D eigenvalue weighted by molar-refractivity contribution is -0.116. The van der Waals surface area contributed by atoms with Gasteiger partial charge < -0.3 is 5.32 Å². The van der Waals surface area contributed by atoms with Crippen molar-refractivity contribution >= 4 is 17.4 Å². The van der Waals surface area contributed by atoms with Gasteiger partial charge in [-0.1, -0.05) is 18.2 Å². The van der Waals surface area contributed by atoms with Crippen LogP contribution in [0, 0.1) is 0 Å². The first-order chi connectivity index (χ1) is 12.2. The number of imidazole rings is 1. The van der Waals surface area contributed by atoms with E-state index in [4.69, 9.17) is 0 Å². The molecule has 0 radical (unpaired) electrons. The summed E-state index contributed by atoms with van der Waals surface area (Å²) in [6, 6.07) is 13.0. The molecule has 3 rings (SSSR count). The Bertz CT molecular complexity index is 844. The zero-order chi connectivity index (χ0) is 17.5. The van der Waals surface area contributed by atoms with Crippen molar-refractivity contribution < 1.29 is 9.59 Å². The predicted octanol–water partition coefficient (Wildman–Crippen LogP) is 3.26. The average Bonchev–Trinajstić information content (AvgIpc) is 3.13. The number of nitrogens with one attached hydrogen (secondary N) is 1. The maximum absolute atomic E-state index is 12.4. The molecule has 0 spiro atoms. The maximum atomic E-state index is 12.4. The number of Topliss-reactive ketones (excluding diaryl/α,β-unsaturated/α-hetero) is 1. The van der Waals surface area contributed by atoms with Crippen LogP contribution in [0.15, 0.2) is 67.3 Å². The van der Waals surface area contributed by atoms with Crippen molar-refractivity contribution in [1.29, 1.82) is 0 Å². The van der Waals surface area contributed by atoms with Crippen molar-refractivity contribution in [2.45, 2.75) is 19.3 Å². The molecule has 1 N–H and O–H groups in total. The van der Waals surface area contributed by atoms with Crippen molar-refractivity contribution in [3.05, 3.63) is 73.1 Å².